The fourth-order valence-electron chi connectivity index (χ4n) is 3.33. The number of alkyl halides is 2. The lowest BCUT2D eigenvalue weighted by Crippen LogP contribution is -2.13. The molecule has 0 aliphatic rings. The molecular weight excluding hydrogens is 486 g/mol. The number of aromatic nitrogens is 5. The zero-order chi connectivity index (χ0) is 25.2. The van der Waals surface area contributed by atoms with E-state index in [1.165, 1.54) is 48.6 Å². The van der Waals surface area contributed by atoms with E-state index in [0.29, 0.717) is 16.6 Å². The molecule has 3 aromatic heterocycles. The summed E-state index contributed by atoms with van der Waals surface area (Å²) >= 11 is 0. The molecule has 0 bridgehead atoms. The van der Waals surface area contributed by atoms with Crippen LogP contribution in [0.5, 0.6) is 5.75 Å². The van der Waals surface area contributed by atoms with Crippen molar-refractivity contribution in [2.45, 2.75) is 18.4 Å². The van der Waals surface area contributed by atoms with Crippen LogP contribution in [0.1, 0.15) is 5.69 Å². The lowest BCUT2D eigenvalue weighted by atomic mass is 10.2. The molecule has 1 aromatic carbocycles. The number of halogens is 2. The molecular formula is C21H20F2N6O5S. The van der Waals surface area contributed by atoms with E-state index < -0.39 is 22.0 Å². The van der Waals surface area contributed by atoms with Crippen LogP contribution in [0.25, 0.3) is 16.6 Å². The van der Waals surface area contributed by atoms with Crippen LogP contribution in [-0.4, -0.2) is 59.2 Å². The number of methoxy groups -OCH3 is 1. The van der Waals surface area contributed by atoms with Crippen LogP contribution in [-0.2, 0) is 14.6 Å². The predicted octanol–water partition coefficient (Wildman–Crippen LogP) is 2.58. The molecule has 0 radical (unpaired) electrons. The van der Waals surface area contributed by atoms with Crippen molar-refractivity contribution in [3.05, 3.63) is 58.9 Å². The van der Waals surface area contributed by atoms with Crippen LogP contribution in [0, 0.1) is 6.92 Å². The van der Waals surface area contributed by atoms with Gasteiger partial charge in [-0.3, -0.25) is 4.79 Å². The van der Waals surface area contributed by atoms with Gasteiger partial charge in [0, 0.05) is 37.2 Å². The first kappa shape index (κ1) is 24.2. The van der Waals surface area contributed by atoms with Crippen molar-refractivity contribution in [3.63, 3.8) is 0 Å². The number of sulfone groups is 1. The molecule has 3 heterocycles. The monoisotopic (exact) mass is 506 g/mol. The number of ether oxygens (including phenoxy) is 2. The standard InChI is InChI=1S/C21H20F2N6O5S/c1-12-14-11-26-18(27-19-20(30)25-6-5-24-19)10-15(14)29(28-12)16-9-13(35(31,32)8-7-33-2)3-4-17(16)34-21(22)23/h3-6,9-11,21H,7-8H2,1-2H3,(H,25,30)(H,24,26,27). The average Bonchev–Trinajstić information content (AvgIpc) is 3.14. The molecule has 0 spiro atoms. The molecule has 0 fully saturated rings. The fraction of sp³-hybridized carbons (Fsp3) is 0.238. The van der Waals surface area contributed by atoms with Gasteiger partial charge < -0.3 is 19.8 Å². The summed E-state index contributed by atoms with van der Waals surface area (Å²) in [5.41, 5.74) is 0.415. The Kier molecular flexibility index (Phi) is 6.75. The normalized spacial score (nSPS) is 11.8. The Morgan fingerprint density at radius 3 is 2.74 bits per heavy atom. The molecule has 14 heteroatoms. The predicted molar refractivity (Wildman–Crippen MR) is 122 cm³/mol. The topological polar surface area (TPSA) is 141 Å². The summed E-state index contributed by atoms with van der Waals surface area (Å²) in [6.45, 7) is -1.50. The molecule has 4 rings (SSSR count). The summed E-state index contributed by atoms with van der Waals surface area (Å²) in [5.74, 6) is -0.353. The van der Waals surface area contributed by atoms with Gasteiger partial charge in [0.1, 0.15) is 11.5 Å². The highest BCUT2D eigenvalue weighted by molar-refractivity contribution is 7.91. The van der Waals surface area contributed by atoms with Gasteiger partial charge >= 0.3 is 6.61 Å². The number of aryl methyl sites for hydroxylation is 1. The molecule has 0 amide bonds. The number of H-pyrrole nitrogens is 1. The van der Waals surface area contributed by atoms with Gasteiger partial charge in [-0.15, -0.1) is 0 Å². The Hall–Kier alpha value is -3.91. The first-order valence-corrected chi connectivity index (χ1v) is 11.8. The number of hydrogen-bond donors (Lipinski definition) is 2. The van der Waals surface area contributed by atoms with Crippen molar-refractivity contribution >= 4 is 32.4 Å². The Balaban J connectivity index is 1.87. The number of pyridine rings is 1. The van der Waals surface area contributed by atoms with Gasteiger partial charge in [-0.2, -0.15) is 13.9 Å². The molecule has 35 heavy (non-hydrogen) atoms. The van der Waals surface area contributed by atoms with Crippen LogP contribution in [0.4, 0.5) is 20.4 Å². The highest BCUT2D eigenvalue weighted by atomic mass is 32.2. The van der Waals surface area contributed by atoms with Crippen molar-refractivity contribution in [2.24, 2.45) is 0 Å². The zero-order valence-electron chi connectivity index (χ0n) is 18.5. The number of aromatic amines is 1. The summed E-state index contributed by atoms with van der Waals surface area (Å²) in [7, 11) is -2.41. The van der Waals surface area contributed by atoms with E-state index in [4.69, 9.17) is 4.74 Å². The zero-order valence-corrected chi connectivity index (χ0v) is 19.3. The number of nitrogens with zero attached hydrogens (tertiary/aromatic N) is 4. The number of anilines is 2. The summed E-state index contributed by atoms with van der Waals surface area (Å²) in [4.78, 5) is 22.5. The van der Waals surface area contributed by atoms with Crippen LogP contribution >= 0.6 is 0 Å². The first-order valence-electron chi connectivity index (χ1n) is 10.2. The third kappa shape index (κ3) is 5.12. The van der Waals surface area contributed by atoms with E-state index in [2.05, 4.69) is 30.1 Å². The molecule has 11 nitrogen and oxygen atoms in total. The highest BCUT2D eigenvalue weighted by Crippen LogP contribution is 2.32. The summed E-state index contributed by atoms with van der Waals surface area (Å²) < 4.78 is 62.5. The molecule has 0 unspecified atom stereocenters. The smallest absolute Gasteiger partial charge is 0.387 e. The Labute approximate surface area is 197 Å². The van der Waals surface area contributed by atoms with Crippen LogP contribution in [0.2, 0.25) is 0 Å². The van der Waals surface area contributed by atoms with E-state index in [1.54, 1.807) is 6.92 Å². The highest BCUT2D eigenvalue weighted by Gasteiger charge is 2.22. The molecule has 184 valence electrons. The van der Waals surface area contributed by atoms with Crippen molar-refractivity contribution in [3.8, 4) is 11.4 Å². The SMILES string of the molecule is COCCS(=O)(=O)c1ccc(OC(F)F)c(-n2nc(C)c3cnc(Nc4ncc[nH]c4=O)cc32)c1. The molecule has 0 aliphatic carbocycles. The molecule has 0 atom stereocenters. The summed E-state index contributed by atoms with van der Waals surface area (Å²) in [6, 6.07) is 5.08. The lowest BCUT2D eigenvalue weighted by Gasteiger charge is -2.14. The first-order chi connectivity index (χ1) is 16.7. The number of benzene rings is 1. The number of rotatable bonds is 9. The maximum atomic E-state index is 13.1. The number of fused-ring (bicyclic) bond motifs is 1. The van der Waals surface area contributed by atoms with Gasteiger partial charge in [0.15, 0.2) is 21.4 Å². The Morgan fingerprint density at radius 1 is 1.23 bits per heavy atom. The Morgan fingerprint density at radius 2 is 2.03 bits per heavy atom. The summed E-state index contributed by atoms with van der Waals surface area (Å²) in [6.07, 6.45) is 4.25. The largest absolute Gasteiger partial charge is 0.433 e. The van der Waals surface area contributed by atoms with E-state index in [0.717, 1.165) is 6.07 Å². The van der Waals surface area contributed by atoms with Gasteiger partial charge in [-0.1, -0.05) is 0 Å². The van der Waals surface area contributed by atoms with Crippen molar-refractivity contribution in [1.29, 1.82) is 0 Å². The van der Waals surface area contributed by atoms with Gasteiger partial charge in [0.05, 0.1) is 28.5 Å². The third-order valence-corrected chi connectivity index (χ3v) is 6.67. The van der Waals surface area contributed by atoms with E-state index in [9.17, 15) is 22.0 Å². The molecule has 4 aromatic rings. The minimum Gasteiger partial charge on any atom is -0.433 e. The minimum absolute atomic E-state index is 0.00454. The summed E-state index contributed by atoms with van der Waals surface area (Å²) in [5, 5.41) is 7.76. The number of hydrogen-bond acceptors (Lipinski definition) is 9. The van der Waals surface area contributed by atoms with Crippen LogP contribution in [0.15, 0.2) is 52.5 Å². The van der Waals surface area contributed by atoms with E-state index in [1.807, 2.05) is 0 Å². The molecule has 0 aliphatic heterocycles. The molecule has 2 N–H and O–H groups in total. The maximum Gasteiger partial charge on any atom is 0.387 e. The van der Waals surface area contributed by atoms with Gasteiger partial charge in [-0.25, -0.2) is 23.1 Å². The molecule has 0 saturated carbocycles. The average molecular weight is 506 g/mol. The van der Waals surface area contributed by atoms with E-state index in [-0.39, 0.29) is 40.3 Å². The molecule has 0 saturated heterocycles. The minimum atomic E-state index is -3.78. The van der Waals surface area contributed by atoms with Gasteiger partial charge in [0.2, 0.25) is 0 Å². The van der Waals surface area contributed by atoms with Crippen molar-refractivity contribution in [1.82, 2.24) is 24.7 Å². The van der Waals surface area contributed by atoms with Gasteiger partial charge in [-0.05, 0) is 25.1 Å². The maximum absolute atomic E-state index is 13.1. The second-order valence-electron chi connectivity index (χ2n) is 7.30. The van der Waals surface area contributed by atoms with Crippen molar-refractivity contribution < 1.29 is 26.7 Å². The Bertz CT molecular complexity index is 1540. The van der Waals surface area contributed by atoms with Crippen molar-refractivity contribution in [2.75, 3.05) is 24.8 Å². The third-order valence-electron chi connectivity index (χ3n) is 4.99. The van der Waals surface area contributed by atoms with Crippen LogP contribution in [0.3, 0.4) is 0 Å². The quantitative estimate of drug-likeness (QED) is 0.350. The van der Waals surface area contributed by atoms with Gasteiger partial charge in [0.25, 0.3) is 5.56 Å². The number of nitrogens with one attached hydrogen (secondary N) is 2. The second kappa shape index (κ2) is 9.76. The second-order valence-corrected chi connectivity index (χ2v) is 9.40. The lowest BCUT2D eigenvalue weighted by molar-refractivity contribution is -0.0499. The van der Waals surface area contributed by atoms with E-state index >= 15 is 0 Å². The van der Waals surface area contributed by atoms with Crippen LogP contribution < -0.4 is 15.6 Å². The fourth-order valence-corrected chi connectivity index (χ4v) is 4.52.